The minimum absolute atomic E-state index is 0.0130. The Morgan fingerprint density at radius 1 is 1.19 bits per heavy atom. The lowest BCUT2D eigenvalue weighted by Gasteiger charge is -2.62. The van der Waals surface area contributed by atoms with Crippen LogP contribution >= 0.6 is 0 Å². The van der Waals surface area contributed by atoms with Gasteiger partial charge in [-0.15, -0.1) is 0 Å². The number of carbonyl (C=O) groups excluding carboxylic acids is 3. The smallest absolute Gasteiger partial charge is 0.332 e. The van der Waals surface area contributed by atoms with Crippen LogP contribution in [0, 0.1) is 17.3 Å². The van der Waals surface area contributed by atoms with Gasteiger partial charge in [0.05, 0.1) is 34.5 Å². The molecule has 0 N–H and O–H groups in total. The Hall–Kier alpha value is -1.26. The molecule has 6 atom stereocenters. The van der Waals surface area contributed by atoms with Crippen LogP contribution in [0.4, 0.5) is 0 Å². The van der Waals surface area contributed by atoms with E-state index in [9.17, 15) is 18.6 Å². The van der Waals surface area contributed by atoms with Crippen LogP contribution in [0.25, 0.3) is 0 Å². The molecule has 0 saturated carbocycles. The number of carbonyl (C=O) groups is 3. The number of hydrogen-bond donors (Lipinski definition) is 0. The molecule has 0 aromatic rings. The van der Waals surface area contributed by atoms with Gasteiger partial charge in [-0.1, -0.05) is 34.6 Å². The van der Waals surface area contributed by atoms with Crippen molar-refractivity contribution in [3.8, 4) is 0 Å². The lowest BCUT2D eigenvalue weighted by molar-refractivity contribution is -0.199. The van der Waals surface area contributed by atoms with Crippen molar-refractivity contribution in [3.63, 3.8) is 0 Å². The van der Waals surface area contributed by atoms with Crippen LogP contribution < -0.4 is 0 Å². The summed E-state index contributed by atoms with van der Waals surface area (Å²) >= 11 is 0. The minimum atomic E-state index is -1.50. The Labute approximate surface area is 189 Å². The molecule has 0 aromatic carbocycles. The first-order chi connectivity index (χ1) is 14.1. The Bertz CT molecular complexity index is 751. The van der Waals surface area contributed by atoms with E-state index in [1.165, 1.54) is 4.90 Å². The Kier molecular flexibility index (Phi) is 7.80. The van der Waals surface area contributed by atoms with Crippen molar-refractivity contribution in [1.29, 1.82) is 0 Å². The quantitative estimate of drug-likeness (QED) is 0.240. The van der Waals surface area contributed by atoms with E-state index in [1.807, 2.05) is 34.6 Å². The third-order valence-electron chi connectivity index (χ3n) is 6.45. The van der Waals surface area contributed by atoms with Crippen LogP contribution in [0.5, 0.6) is 0 Å². The minimum Gasteiger partial charge on any atom is -0.428 e. The Balaban J connectivity index is 2.25. The largest absolute Gasteiger partial charge is 0.428 e. The molecule has 31 heavy (non-hydrogen) atoms. The molecular formula is C21H37NO7SSi. The first-order valence-electron chi connectivity index (χ1n) is 10.8. The van der Waals surface area contributed by atoms with Gasteiger partial charge in [-0.2, -0.15) is 0 Å². The lowest BCUT2D eigenvalue weighted by atomic mass is 9.62. The number of fused-ring (bicyclic) bond motifs is 1. The average Bonchev–Trinajstić information content (AvgIpc) is 2.61. The second kappa shape index (κ2) is 9.31. The van der Waals surface area contributed by atoms with Crippen molar-refractivity contribution >= 4 is 37.7 Å². The van der Waals surface area contributed by atoms with Gasteiger partial charge >= 0.3 is 11.9 Å². The number of hydrogen-bond acceptors (Lipinski definition) is 7. The number of esters is 2. The number of ether oxygens (including phenoxy) is 2. The standard InChI is InChI=1S/C21H37NO7SSi/c1-12(2)18(24)27-11-28-19(25)14-10-30(26)13(3)16-15(17(23)22(14)16)21(7,20(4,5)6)29-31(8)9/h12-16,31H,10-11H2,1-9H3/t13-,14?,15-,16-,21-,30?/m1/s1. The molecule has 1 amide bonds. The van der Waals surface area contributed by atoms with Crippen molar-refractivity contribution in [2.75, 3.05) is 12.5 Å². The molecule has 2 fully saturated rings. The molecular weight excluding hydrogens is 438 g/mol. The molecule has 178 valence electrons. The van der Waals surface area contributed by atoms with Gasteiger partial charge in [0.2, 0.25) is 12.7 Å². The molecule has 2 heterocycles. The Morgan fingerprint density at radius 3 is 2.26 bits per heavy atom. The molecule has 2 aliphatic heterocycles. The molecule has 0 spiro atoms. The SMILES string of the molecule is CC(C)C(=O)OCOC(=O)C1CS(=O)[C@H](C)[C@@H]2[C@@H]([C@@](C)(O[SiH](C)C)C(C)(C)C)C(=O)N12. The molecule has 8 nitrogen and oxygen atoms in total. The van der Waals surface area contributed by atoms with Crippen LogP contribution in [0.3, 0.4) is 0 Å². The fourth-order valence-corrected chi connectivity index (χ4v) is 7.28. The maximum atomic E-state index is 13.4. The molecule has 2 rings (SSSR count). The van der Waals surface area contributed by atoms with Crippen LogP contribution in [0.2, 0.25) is 13.1 Å². The van der Waals surface area contributed by atoms with E-state index >= 15 is 0 Å². The van der Waals surface area contributed by atoms with E-state index < -0.39 is 56.1 Å². The molecule has 10 heteroatoms. The van der Waals surface area contributed by atoms with Gasteiger partial charge in [0.1, 0.15) is 6.04 Å². The van der Waals surface area contributed by atoms with Crippen molar-refractivity contribution in [2.45, 2.75) is 84.5 Å². The summed E-state index contributed by atoms with van der Waals surface area (Å²) in [5.74, 6) is -2.19. The zero-order valence-electron chi connectivity index (χ0n) is 20.1. The van der Waals surface area contributed by atoms with Gasteiger partial charge in [0, 0.05) is 10.8 Å². The van der Waals surface area contributed by atoms with E-state index in [1.54, 1.807) is 13.8 Å². The van der Waals surface area contributed by atoms with Crippen LogP contribution in [0.15, 0.2) is 0 Å². The van der Waals surface area contributed by atoms with E-state index in [-0.39, 0.29) is 34.3 Å². The summed E-state index contributed by atoms with van der Waals surface area (Å²) in [6, 6.07) is -1.33. The third kappa shape index (κ3) is 4.90. The fourth-order valence-electron chi connectivity index (χ4n) is 4.29. The first-order valence-corrected chi connectivity index (χ1v) is 15.0. The summed E-state index contributed by atoms with van der Waals surface area (Å²) in [4.78, 5) is 39.2. The van der Waals surface area contributed by atoms with Gasteiger partial charge in [0.15, 0.2) is 9.04 Å². The molecule has 2 aliphatic rings. The van der Waals surface area contributed by atoms with Crippen LogP contribution in [0.1, 0.15) is 48.5 Å². The summed E-state index contributed by atoms with van der Waals surface area (Å²) in [5, 5.41) is -0.287. The molecule has 2 saturated heterocycles. The van der Waals surface area contributed by atoms with Gasteiger partial charge in [-0.25, -0.2) is 4.79 Å². The molecule has 2 unspecified atom stereocenters. The Morgan fingerprint density at radius 2 is 1.77 bits per heavy atom. The number of β-lactam (4-membered cyclic amide) rings is 1. The van der Waals surface area contributed by atoms with Gasteiger partial charge in [-0.3, -0.25) is 13.8 Å². The molecule has 0 aliphatic carbocycles. The van der Waals surface area contributed by atoms with Gasteiger partial charge in [0.25, 0.3) is 0 Å². The maximum Gasteiger partial charge on any atom is 0.332 e. The van der Waals surface area contributed by atoms with Crippen LogP contribution in [-0.4, -0.2) is 71.5 Å². The summed E-state index contributed by atoms with van der Waals surface area (Å²) in [7, 11) is -2.81. The average molecular weight is 476 g/mol. The monoisotopic (exact) mass is 475 g/mol. The van der Waals surface area contributed by atoms with E-state index in [4.69, 9.17) is 13.9 Å². The third-order valence-corrected chi connectivity index (χ3v) is 9.16. The summed E-state index contributed by atoms with van der Waals surface area (Å²) in [6.07, 6.45) is 0. The van der Waals surface area contributed by atoms with Crippen molar-refractivity contribution < 1.29 is 32.5 Å². The second-order valence-corrected chi connectivity index (χ2v) is 14.4. The number of nitrogens with zero attached hydrogens (tertiary/aromatic N) is 1. The maximum absolute atomic E-state index is 13.4. The second-order valence-electron chi connectivity index (χ2n) is 10.2. The molecule has 0 bridgehead atoms. The highest BCUT2D eigenvalue weighted by Crippen LogP contribution is 2.51. The molecule has 0 aromatic heterocycles. The zero-order chi connectivity index (χ0) is 23.9. The predicted molar refractivity (Wildman–Crippen MR) is 120 cm³/mol. The normalized spacial score (nSPS) is 30.5. The van der Waals surface area contributed by atoms with Gasteiger partial charge < -0.3 is 18.8 Å². The number of rotatable bonds is 7. The van der Waals surface area contributed by atoms with Crippen LogP contribution in [-0.2, 0) is 39.1 Å². The van der Waals surface area contributed by atoms with Crippen molar-refractivity contribution in [2.24, 2.45) is 17.3 Å². The van der Waals surface area contributed by atoms with E-state index in [0.717, 1.165) is 0 Å². The zero-order valence-corrected chi connectivity index (χ0v) is 22.1. The van der Waals surface area contributed by atoms with Gasteiger partial charge in [-0.05, 0) is 32.4 Å². The summed E-state index contributed by atoms with van der Waals surface area (Å²) < 4.78 is 29.3. The highest BCUT2D eigenvalue weighted by atomic mass is 32.2. The van der Waals surface area contributed by atoms with E-state index in [2.05, 4.69) is 13.1 Å². The van der Waals surface area contributed by atoms with Crippen molar-refractivity contribution in [1.82, 2.24) is 4.90 Å². The number of amides is 1. The highest BCUT2D eigenvalue weighted by Gasteiger charge is 2.66. The highest BCUT2D eigenvalue weighted by molar-refractivity contribution is 7.85. The predicted octanol–water partition coefficient (Wildman–Crippen LogP) is 1.84. The van der Waals surface area contributed by atoms with Crippen molar-refractivity contribution in [3.05, 3.63) is 0 Å². The van der Waals surface area contributed by atoms with E-state index in [0.29, 0.717) is 0 Å². The summed E-state index contributed by atoms with van der Waals surface area (Å²) in [5.41, 5.74) is -1.08. The molecule has 0 radical (unpaired) electrons. The summed E-state index contributed by atoms with van der Waals surface area (Å²) in [6.45, 7) is 16.9. The topological polar surface area (TPSA) is 99.2 Å². The first kappa shape index (κ1) is 26.0. The fraction of sp³-hybridized carbons (Fsp3) is 0.857. The lowest BCUT2D eigenvalue weighted by Crippen LogP contribution is -2.79.